The second kappa shape index (κ2) is 5.47. The molecule has 3 rings (SSSR count). The number of rotatable bonds is 2. The lowest BCUT2D eigenvalue weighted by Gasteiger charge is -2.36. The molecule has 0 radical (unpaired) electrons. The van der Waals surface area contributed by atoms with Gasteiger partial charge in [0.25, 0.3) is 0 Å². The van der Waals surface area contributed by atoms with Gasteiger partial charge in [0.15, 0.2) is 5.78 Å². The summed E-state index contributed by atoms with van der Waals surface area (Å²) in [5.41, 5.74) is 1.39. The zero-order chi connectivity index (χ0) is 14.2. The van der Waals surface area contributed by atoms with Crippen LogP contribution < -0.4 is 0 Å². The first-order chi connectivity index (χ1) is 9.61. The molecule has 108 valence electrons. The molecule has 0 aromatic heterocycles. The Hall–Kier alpha value is -0.900. The molecule has 1 aromatic rings. The Bertz CT molecular complexity index is 520. The maximum atomic E-state index is 12.8. The molecule has 2 fully saturated rings. The highest BCUT2D eigenvalue weighted by Gasteiger charge is 2.43. The van der Waals surface area contributed by atoms with Crippen molar-refractivity contribution in [1.29, 1.82) is 0 Å². The summed E-state index contributed by atoms with van der Waals surface area (Å²) in [7, 11) is 0. The number of halogens is 1. The van der Waals surface area contributed by atoms with Crippen LogP contribution in [0.3, 0.4) is 0 Å². The molecule has 2 aliphatic heterocycles. The summed E-state index contributed by atoms with van der Waals surface area (Å²) >= 11 is 6.12. The van der Waals surface area contributed by atoms with Crippen LogP contribution in [0.25, 0.3) is 0 Å². The van der Waals surface area contributed by atoms with Crippen molar-refractivity contribution in [2.24, 2.45) is 5.92 Å². The summed E-state index contributed by atoms with van der Waals surface area (Å²) in [4.78, 5) is 12.8. The van der Waals surface area contributed by atoms with Crippen molar-refractivity contribution in [3.05, 3.63) is 34.3 Å². The molecular weight excluding hydrogens is 276 g/mol. The SMILES string of the molecule is Cc1c(Cl)cccc1C(=O)C1CCOC2(CCOC2)C1. The largest absolute Gasteiger partial charge is 0.378 e. The van der Waals surface area contributed by atoms with Gasteiger partial charge in [0.2, 0.25) is 0 Å². The van der Waals surface area contributed by atoms with Gasteiger partial charge in [-0.3, -0.25) is 4.79 Å². The predicted molar refractivity (Wildman–Crippen MR) is 77.4 cm³/mol. The zero-order valence-electron chi connectivity index (χ0n) is 11.7. The molecule has 2 saturated heterocycles. The number of hydrogen-bond donors (Lipinski definition) is 0. The number of carbonyl (C=O) groups is 1. The van der Waals surface area contributed by atoms with Crippen molar-refractivity contribution in [3.63, 3.8) is 0 Å². The van der Waals surface area contributed by atoms with Crippen LogP contribution in [0.2, 0.25) is 5.02 Å². The second-order valence-electron chi connectivity index (χ2n) is 5.80. The fraction of sp³-hybridized carbons (Fsp3) is 0.562. The van der Waals surface area contributed by atoms with Crippen molar-refractivity contribution in [1.82, 2.24) is 0 Å². The van der Waals surface area contributed by atoms with Gasteiger partial charge in [0.05, 0.1) is 12.2 Å². The number of benzene rings is 1. The van der Waals surface area contributed by atoms with Crippen LogP contribution in [0, 0.1) is 12.8 Å². The maximum absolute atomic E-state index is 12.8. The summed E-state index contributed by atoms with van der Waals surface area (Å²) in [5, 5.41) is 0.654. The van der Waals surface area contributed by atoms with Crippen LogP contribution in [0.4, 0.5) is 0 Å². The smallest absolute Gasteiger partial charge is 0.166 e. The first kappa shape index (κ1) is 14.1. The topological polar surface area (TPSA) is 35.5 Å². The van der Waals surface area contributed by atoms with E-state index in [9.17, 15) is 4.79 Å². The highest BCUT2D eigenvalue weighted by molar-refractivity contribution is 6.31. The van der Waals surface area contributed by atoms with Gasteiger partial charge in [-0.1, -0.05) is 23.7 Å². The molecule has 0 saturated carbocycles. The Morgan fingerprint density at radius 2 is 2.25 bits per heavy atom. The van der Waals surface area contributed by atoms with Crippen LogP contribution in [0.5, 0.6) is 0 Å². The number of carbonyl (C=O) groups excluding carboxylic acids is 1. The minimum absolute atomic E-state index is 0.0163. The Kier molecular flexibility index (Phi) is 3.85. The Morgan fingerprint density at radius 1 is 1.40 bits per heavy atom. The van der Waals surface area contributed by atoms with Gasteiger partial charge >= 0.3 is 0 Å². The lowest BCUT2D eigenvalue weighted by molar-refractivity contribution is -0.0920. The molecule has 4 heteroatoms. The Labute approximate surface area is 124 Å². The summed E-state index contributed by atoms with van der Waals surface area (Å²) in [6, 6.07) is 5.54. The maximum Gasteiger partial charge on any atom is 0.166 e. The third-order valence-electron chi connectivity index (χ3n) is 4.46. The first-order valence-electron chi connectivity index (χ1n) is 7.12. The molecule has 1 spiro atoms. The average molecular weight is 295 g/mol. The highest BCUT2D eigenvalue weighted by Crippen LogP contribution is 2.37. The monoisotopic (exact) mass is 294 g/mol. The molecule has 0 aliphatic carbocycles. The van der Waals surface area contributed by atoms with Gasteiger partial charge in [-0.05, 0) is 31.4 Å². The minimum atomic E-state index is -0.231. The van der Waals surface area contributed by atoms with Crippen LogP contribution in [0.15, 0.2) is 18.2 Å². The van der Waals surface area contributed by atoms with E-state index in [0.29, 0.717) is 18.2 Å². The molecule has 0 bridgehead atoms. The molecule has 1 aromatic carbocycles. The van der Waals surface area contributed by atoms with E-state index in [-0.39, 0.29) is 17.3 Å². The molecule has 2 atom stereocenters. The molecule has 0 N–H and O–H groups in total. The van der Waals surface area contributed by atoms with Gasteiger partial charge in [0, 0.05) is 36.1 Å². The zero-order valence-corrected chi connectivity index (χ0v) is 12.4. The number of ketones is 1. The lowest BCUT2D eigenvalue weighted by Crippen LogP contribution is -2.42. The van der Waals surface area contributed by atoms with E-state index in [2.05, 4.69) is 0 Å². The van der Waals surface area contributed by atoms with Gasteiger partial charge in [-0.2, -0.15) is 0 Å². The Balaban J connectivity index is 1.81. The third kappa shape index (κ3) is 2.50. The van der Waals surface area contributed by atoms with Crippen LogP contribution in [0.1, 0.15) is 35.2 Å². The Morgan fingerprint density at radius 3 is 3.00 bits per heavy atom. The summed E-state index contributed by atoms with van der Waals surface area (Å²) in [6.07, 6.45) is 2.44. The standard InChI is InChI=1S/C16H19ClO3/c1-11-13(3-2-4-14(11)17)15(18)12-5-7-20-16(9-12)6-8-19-10-16/h2-4,12H,5-10H2,1H3. The van der Waals surface area contributed by atoms with E-state index in [1.54, 1.807) is 0 Å². The van der Waals surface area contributed by atoms with E-state index < -0.39 is 0 Å². The summed E-state index contributed by atoms with van der Waals surface area (Å²) in [5.74, 6) is 0.210. The molecule has 3 nitrogen and oxygen atoms in total. The lowest BCUT2D eigenvalue weighted by atomic mass is 9.80. The fourth-order valence-electron chi connectivity index (χ4n) is 3.21. The van der Waals surface area contributed by atoms with Gasteiger partial charge in [0.1, 0.15) is 0 Å². The van der Waals surface area contributed by atoms with E-state index in [1.807, 2.05) is 25.1 Å². The molecule has 2 aliphatic rings. The molecule has 2 heterocycles. The quantitative estimate of drug-likeness (QED) is 0.784. The van der Waals surface area contributed by atoms with Crippen molar-refractivity contribution in [2.75, 3.05) is 19.8 Å². The van der Waals surface area contributed by atoms with E-state index in [4.69, 9.17) is 21.1 Å². The summed E-state index contributed by atoms with van der Waals surface area (Å²) < 4.78 is 11.4. The number of hydrogen-bond acceptors (Lipinski definition) is 3. The van der Waals surface area contributed by atoms with Crippen LogP contribution >= 0.6 is 11.6 Å². The fourth-order valence-corrected chi connectivity index (χ4v) is 3.38. The second-order valence-corrected chi connectivity index (χ2v) is 6.21. The predicted octanol–water partition coefficient (Wildman–Crippen LogP) is 3.42. The van der Waals surface area contributed by atoms with Crippen molar-refractivity contribution in [3.8, 4) is 0 Å². The number of ether oxygens (including phenoxy) is 2. The van der Waals surface area contributed by atoms with Crippen LogP contribution in [-0.4, -0.2) is 31.2 Å². The van der Waals surface area contributed by atoms with Crippen molar-refractivity contribution < 1.29 is 14.3 Å². The van der Waals surface area contributed by atoms with Crippen LogP contribution in [-0.2, 0) is 9.47 Å². The van der Waals surface area contributed by atoms with Gasteiger partial charge < -0.3 is 9.47 Å². The van der Waals surface area contributed by atoms with E-state index >= 15 is 0 Å². The third-order valence-corrected chi connectivity index (χ3v) is 4.87. The number of Topliss-reactive ketones (excluding diaryl/α,β-unsaturated/α-hetero) is 1. The van der Waals surface area contributed by atoms with E-state index in [0.717, 1.165) is 37.0 Å². The van der Waals surface area contributed by atoms with Gasteiger partial charge in [-0.15, -0.1) is 0 Å². The molecular formula is C16H19ClO3. The highest BCUT2D eigenvalue weighted by atomic mass is 35.5. The average Bonchev–Trinajstić information content (AvgIpc) is 2.89. The van der Waals surface area contributed by atoms with Crippen molar-refractivity contribution in [2.45, 2.75) is 31.8 Å². The molecule has 20 heavy (non-hydrogen) atoms. The normalized spacial score (nSPS) is 29.8. The minimum Gasteiger partial charge on any atom is -0.378 e. The molecule has 0 amide bonds. The van der Waals surface area contributed by atoms with Crippen molar-refractivity contribution >= 4 is 17.4 Å². The summed E-state index contributed by atoms with van der Waals surface area (Å²) in [6.45, 7) is 3.89. The molecule has 2 unspecified atom stereocenters. The first-order valence-corrected chi connectivity index (χ1v) is 7.50. The van der Waals surface area contributed by atoms with E-state index in [1.165, 1.54) is 0 Å². The van der Waals surface area contributed by atoms with Gasteiger partial charge in [-0.25, -0.2) is 0 Å².